The average molecular weight is 517 g/mol. The van der Waals surface area contributed by atoms with Crippen LogP contribution in [0.15, 0.2) is 12.2 Å². The lowest BCUT2D eigenvalue weighted by molar-refractivity contribution is -0.231. The van der Waals surface area contributed by atoms with Crippen LogP contribution in [0, 0.1) is 33.5 Å². The predicted octanol–water partition coefficient (Wildman–Crippen LogP) is 5.14. The Balaban J connectivity index is 1.61. The summed E-state index contributed by atoms with van der Waals surface area (Å²) < 4.78 is 12.0. The minimum Gasteiger partial charge on any atom is -0.469 e. The first kappa shape index (κ1) is 27.3. The van der Waals surface area contributed by atoms with Crippen molar-refractivity contribution in [3.63, 3.8) is 0 Å². The van der Waals surface area contributed by atoms with Gasteiger partial charge in [-0.25, -0.2) is 0 Å². The molecule has 8 atom stereocenters. The van der Waals surface area contributed by atoms with Gasteiger partial charge < -0.3 is 19.7 Å². The van der Waals surface area contributed by atoms with Crippen LogP contribution in [-0.2, 0) is 19.1 Å². The fraction of sp³-hybridized carbons (Fsp3) is 0.871. The van der Waals surface area contributed by atoms with Crippen molar-refractivity contribution in [1.82, 2.24) is 0 Å². The Morgan fingerprint density at radius 3 is 2.22 bits per heavy atom. The highest BCUT2D eigenvalue weighted by Gasteiger charge is 2.79. The number of carbonyl (C=O) groups is 2. The van der Waals surface area contributed by atoms with Crippen molar-refractivity contribution in [3.8, 4) is 0 Å². The van der Waals surface area contributed by atoms with E-state index in [0.29, 0.717) is 37.9 Å². The number of carbonyl (C=O) groups excluding carboxylic acids is 2. The van der Waals surface area contributed by atoms with Gasteiger partial charge in [-0.15, -0.1) is 0 Å². The molecular weight excluding hydrogens is 468 g/mol. The molecule has 0 aromatic rings. The second-order valence-corrected chi connectivity index (χ2v) is 15.2. The van der Waals surface area contributed by atoms with Gasteiger partial charge in [0.15, 0.2) is 0 Å². The molecule has 0 aromatic carbocycles. The van der Waals surface area contributed by atoms with Crippen molar-refractivity contribution < 1.29 is 29.3 Å². The van der Waals surface area contributed by atoms with Crippen molar-refractivity contribution in [2.45, 2.75) is 129 Å². The van der Waals surface area contributed by atoms with E-state index in [1.54, 1.807) is 13.0 Å². The number of epoxide rings is 1. The van der Waals surface area contributed by atoms with Crippen LogP contribution in [-0.4, -0.2) is 51.5 Å². The highest BCUT2D eigenvalue weighted by atomic mass is 16.6. The highest BCUT2D eigenvalue weighted by molar-refractivity contribution is 5.85. The minimum atomic E-state index is -1.62. The standard InChI is InChI=1S/C31H48O6/c1-24(2)13-15-29(23(33)36-8)16-14-27(6,34)30(35,21(29)19-24)17-18-31-26(5)11-10-22(32)25(3,4)20(26)9-12-28(31,7)37-31/h17-18,20-21,34-35H,9-16,19H2,1-8H3/b18-17-/t20?,21-,26+,27+,28-,29+,30+,31+/m1/s1. The molecule has 1 heterocycles. The molecule has 0 amide bonds. The maximum atomic E-state index is 13.3. The first-order chi connectivity index (χ1) is 16.9. The summed E-state index contributed by atoms with van der Waals surface area (Å²) in [7, 11) is 1.42. The van der Waals surface area contributed by atoms with E-state index in [4.69, 9.17) is 9.47 Å². The van der Waals surface area contributed by atoms with Crippen molar-refractivity contribution in [3.05, 3.63) is 12.2 Å². The van der Waals surface area contributed by atoms with Crippen molar-refractivity contribution >= 4 is 11.8 Å². The number of methoxy groups -OCH3 is 1. The molecule has 4 aliphatic carbocycles. The molecule has 4 saturated carbocycles. The molecule has 5 rings (SSSR count). The minimum absolute atomic E-state index is 0.0734. The van der Waals surface area contributed by atoms with Gasteiger partial charge in [-0.3, -0.25) is 9.59 Å². The molecule has 0 radical (unpaired) electrons. The lowest BCUT2D eigenvalue weighted by Crippen LogP contribution is -2.68. The first-order valence-corrected chi connectivity index (χ1v) is 14.3. The van der Waals surface area contributed by atoms with Gasteiger partial charge in [-0.05, 0) is 76.5 Å². The second-order valence-electron chi connectivity index (χ2n) is 15.2. The zero-order valence-corrected chi connectivity index (χ0v) is 24.2. The zero-order valence-electron chi connectivity index (χ0n) is 24.2. The summed E-state index contributed by atoms with van der Waals surface area (Å²) >= 11 is 0. The molecular formula is C31H48O6. The van der Waals surface area contributed by atoms with E-state index >= 15 is 0 Å². The van der Waals surface area contributed by atoms with Crippen molar-refractivity contribution in [1.29, 1.82) is 0 Å². The Labute approximate surface area is 222 Å². The zero-order chi connectivity index (χ0) is 27.5. The molecule has 5 aliphatic rings. The molecule has 0 aromatic heterocycles. The Bertz CT molecular complexity index is 1040. The van der Waals surface area contributed by atoms with E-state index in [0.717, 1.165) is 25.7 Å². The van der Waals surface area contributed by atoms with E-state index in [9.17, 15) is 19.8 Å². The molecule has 1 unspecified atom stereocenters. The SMILES string of the molecule is COC(=O)[C@]12CCC(C)(C)C[C@H]1[C@@](O)(/C=C\[C@@]13O[C@]1(C)CCC1C(C)(C)C(=O)CC[C@@]13C)[C@@](C)(O)CC2. The molecule has 2 N–H and O–H groups in total. The van der Waals surface area contributed by atoms with Gasteiger partial charge in [0.1, 0.15) is 17.0 Å². The summed E-state index contributed by atoms with van der Waals surface area (Å²) in [6.45, 7) is 14.6. The topological polar surface area (TPSA) is 96.4 Å². The number of aliphatic hydroxyl groups is 2. The Kier molecular flexibility index (Phi) is 5.68. The van der Waals surface area contributed by atoms with Crippen LogP contribution < -0.4 is 0 Å². The van der Waals surface area contributed by atoms with Gasteiger partial charge >= 0.3 is 5.97 Å². The lowest BCUT2D eigenvalue weighted by atomic mass is 9.45. The van der Waals surface area contributed by atoms with Crippen LogP contribution in [0.1, 0.15) is 106 Å². The van der Waals surface area contributed by atoms with Crippen LogP contribution in [0.5, 0.6) is 0 Å². The van der Waals surface area contributed by atoms with Crippen LogP contribution in [0.3, 0.4) is 0 Å². The second kappa shape index (κ2) is 7.69. The number of esters is 1. The number of hydrogen-bond donors (Lipinski definition) is 2. The van der Waals surface area contributed by atoms with Crippen LogP contribution in [0.2, 0.25) is 0 Å². The number of ketones is 1. The molecule has 0 bridgehead atoms. The predicted molar refractivity (Wildman–Crippen MR) is 141 cm³/mol. The average Bonchev–Trinajstić information content (AvgIpc) is 3.45. The smallest absolute Gasteiger partial charge is 0.312 e. The highest BCUT2D eigenvalue weighted by Crippen LogP contribution is 2.73. The Morgan fingerprint density at radius 1 is 0.919 bits per heavy atom. The molecule has 6 nitrogen and oxygen atoms in total. The third-order valence-corrected chi connectivity index (χ3v) is 12.4. The molecule has 37 heavy (non-hydrogen) atoms. The molecule has 0 spiro atoms. The summed E-state index contributed by atoms with van der Waals surface area (Å²) in [6, 6.07) is 0. The quantitative estimate of drug-likeness (QED) is 0.306. The maximum absolute atomic E-state index is 13.3. The third kappa shape index (κ3) is 3.34. The summed E-state index contributed by atoms with van der Waals surface area (Å²) in [5, 5.41) is 24.3. The number of Topliss-reactive ketones (excluding diaryl/α,β-unsaturated/α-hetero) is 1. The summed E-state index contributed by atoms with van der Waals surface area (Å²) in [5.74, 6) is -0.266. The van der Waals surface area contributed by atoms with E-state index in [1.165, 1.54) is 7.11 Å². The van der Waals surface area contributed by atoms with Crippen LogP contribution in [0.25, 0.3) is 0 Å². The number of rotatable bonds is 3. The molecule has 6 heteroatoms. The van der Waals surface area contributed by atoms with Crippen molar-refractivity contribution in [2.24, 2.45) is 33.5 Å². The summed E-state index contributed by atoms with van der Waals surface area (Å²) in [6.07, 6.45) is 9.84. The third-order valence-electron chi connectivity index (χ3n) is 12.4. The fourth-order valence-corrected chi connectivity index (χ4v) is 9.69. The van der Waals surface area contributed by atoms with Gasteiger partial charge in [0.25, 0.3) is 0 Å². The molecule has 208 valence electrons. The molecule has 5 fully saturated rings. The van der Waals surface area contributed by atoms with Gasteiger partial charge in [-0.2, -0.15) is 0 Å². The maximum Gasteiger partial charge on any atom is 0.312 e. The molecule has 1 aliphatic heterocycles. The fourth-order valence-electron chi connectivity index (χ4n) is 9.69. The van der Waals surface area contributed by atoms with Gasteiger partial charge in [0.2, 0.25) is 0 Å². The van der Waals surface area contributed by atoms with Crippen LogP contribution >= 0.6 is 0 Å². The molecule has 1 saturated heterocycles. The van der Waals surface area contributed by atoms with E-state index < -0.39 is 33.6 Å². The Hall–Kier alpha value is -1.24. The largest absolute Gasteiger partial charge is 0.469 e. The van der Waals surface area contributed by atoms with Crippen molar-refractivity contribution in [2.75, 3.05) is 7.11 Å². The normalized spacial score (nSPS) is 52.1. The van der Waals surface area contributed by atoms with E-state index in [1.807, 2.05) is 6.08 Å². The Morgan fingerprint density at radius 2 is 1.57 bits per heavy atom. The number of hydrogen-bond acceptors (Lipinski definition) is 6. The van der Waals surface area contributed by atoms with Gasteiger partial charge in [-0.1, -0.05) is 46.8 Å². The van der Waals surface area contributed by atoms with Gasteiger partial charge in [0, 0.05) is 23.2 Å². The monoisotopic (exact) mass is 516 g/mol. The van der Waals surface area contributed by atoms with Gasteiger partial charge in [0.05, 0.1) is 23.7 Å². The van der Waals surface area contributed by atoms with E-state index in [2.05, 4.69) is 41.5 Å². The summed E-state index contributed by atoms with van der Waals surface area (Å²) in [5.41, 5.74) is -5.61. The van der Waals surface area contributed by atoms with Crippen LogP contribution in [0.4, 0.5) is 0 Å². The number of ether oxygens (including phenoxy) is 2. The lowest BCUT2D eigenvalue weighted by Gasteiger charge is -2.60. The first-order valence-electron chi connectivity index (χ1n) is 14.3. The number of fused-ring (bicyclic) bond motifs is 4. The van der Waals surface area contributed by atoms with E-state index in [-0.39, 0.29) is 28.3 Å². The summed E-state index contributed by atoms with van der Waals surface area (Å²) in [4.78, 5) is 26.2.